The lowest BCUT2D eigenvalue weighted by Gasteiger charge is -2.20. The third-order valence-corrected chi connectivity index (χ3v) is 14.7. The Kier molecular flexibility index (Phi) is 58.5. The number of carbonyl (C=O) groups excluding carboxylic acids is 2. The number of aliphatic hydroxyl groups excluding tert-OH is 2. The van der Waals surface area contributed by atoms with E-state index >= 15 is 0 Å². The molecular weight excluding hydrogens is 863 g/mol. The molecule has 0 aliphatic carbocycles. The number of nitrogens with one attached hydrogen (secondary N) is 1. The van der Waals surface area contributed by atoms with Crippen LogP contribution in [0.1, 0.15) is 348 Å². The van der Waals surface area contributed by atoms with Crippen molar-refractivity contribution in [3.8, 4) is 0 Å². The van der Waals surface area contributed by atoms with Gasteiger partial charge in [0.1, 0.15) is 0 Å². The Morgan fingerprint density at radius 3 is 1.01 bits per heavy atom. The van der Waals surface area contributed by atoms with E-state index in [-0.39, 0.29) is 18.5 Å². The Morgan fingerprint density at radius 2 is 0.671 bits per heavy atom. The number of aliphatic hydroxyl groups is 2. The lowest BCUT2D eigenvalue weighted by molar-refractivity contribution is -0.143. The molecule has 0 aliphatic heterocycles. The van der Waals surface area contributed by atoms with E-state index in [1.165, 1.54) is 263 Å². The molecule has 0 heterocycles. The van der Waals surface area contributed by atoms with Gasteiger partial charge in [-0.15, -0.1) is 0 Å². The minimum Gasteiger partial charge on any atom is -0.466 e. The molecule has 0 spiro atoms. The number of allylic oxidation sites excluding steroid dienone is 3. The lowest BCUT2D eigenvalue weighted by Crippen LogP contribution is -2.45. The van der Waals surface area contributed by atoms with Crippen LogP contribution in [0.4, 0.5) is 0 Å². The summed E-state index contributed by atoms with van der Waals surface area (Å²) >= 11 is 0. The van der Waals surface area contributed by atoms with Crippen molar-refractivity contribution in [2.24, 2.45) is 0 Å². The van der Waals surface area contributed by atoms with Crippen molar-refractivity contribution in [1.82, 2.24) is 5.32 Å². The molecule has 0 aromatic carbocycles. The van der Waals surface area contributed by atoms with Gasteiger partial charge in [0.2, 0.25) is 5.91 Å². The molecule has 1 amide bonds. The number of amides is 1. The van der Waals surface area contributed by atoms with Crippen molar-refractivity contribution in [3.05, 3.63) is 24.3 Å². The highest BCUT2D eigenvalue weighted by molar-refractivity contribution is 5.76. The van der Waals surface area contributed by atoms with E-state index in [0.29, 0.717) is 19.4 Å². The summed E-state index contributed by atoms with van der Waals surface area (Å²) in [6.45, 7) is 4.89. The first-order valence-electron chi connectivity index (χ1n) is 31.6. The third-order valence-electron chi connectivity index (χ3n) is 14.7. The molecule has 0 aliphatic rings. The molecule has 0 bridgehead atoms. The average Bonchev–Trinajstić information content (AvgIpc) is 3.36. The maximum atomic E-state index is 12.5. The maximum Gasteiger partial charge on any atom is 0.305 e. The van der Waals surface area contributed by atoms with Gasteiger partial charge in [0, 0.05) is 12.8 Å². The van der Waals surface area contributed by atoms with Gasteiger partial charge in [-0.25, -0.2) is 0 Å². The summed E-state index contributed by atoms with van der Waals surface area (Å²) in [5.74, 6) is -0.0974. The highest BCUT2D eigenvalue weighted by Crippen LogP contribution is 2.18. The average molecular weight is 987 g/mol. The lowest BCUT2D eigenvalue weighted by atomic mass is 10.0. The van der Waals surface area contributed by atoms with Gasteiger partial charge in [-0.05, 0) is 57.8 Å². The zero-order chi connectivity index (χ0) is 50.7. The van der Waals surface area contributed by atoms with Crippen molar-refractivity contribution in [1.29, 1.82) is 0 Å². The summed E-state index contributed by atoms with van der Waals surface area (Å²) in [5, 5.41) is 23.2. The van der Waals surface area contributed by atoms with Crippen LogP contribution < -0.4 is 5.32 Å². The number of carbonyl (C=O) groups is 2. The number of rotatable bonds is 59. The second kappa shape index (κ2) is 59.9. The molecule has 6 heteroatoms. The molecule has 0 fully saturated rings. The molecule has 2 atom stereocenters. The highest BCUT2D eigenvalue weighted by Gasteiger charge is 2.18. The largest absolute Gasteiger partial charge is 0.466 e. The van der Waals surface area contributed by atoms with Crippen LogP contribution in [0.15, 0.2) is 24.3 Å². The zero-order valence-corrected chi connectivity index (χ0v) is 47.3. The van der Waals surface area contributed by atoms with Crippen molar-refractivity contribution in [3.63, 3.8) is 0 Å². The Morgan fingerprint density at radius 1 is 0.386 bits per heavy atom. The van der Waals surface area contributed by atoms with Crippen molar-refractivity contribution >= 4 is 11.9 Å². The molecule has 0 saturated heterocycles. The molecule has 0 radical (unpaired) electrons. The molecule has 0 rings (SSSR count). The SMILES string of the molecule is CCCCCCCCC/C=C\CCCCCCCC(=O)OCCCCCCCCCCCCCCC(=O)NC(CO)C(O)/C=C/CCCCCCCCCCCCCCCCCCCCCCCCC. The Bertz CT molecular complexity index is 1090. The van der Waals surface area contributed by atoms with Gasteiger partial charge in [-0.2, -0.15) is 0 Å². The number of hydrogen-bond acceptors (Lipinski definition) is 5. The standard InChI is InChI=1S/C64H123NO5/c1-3-5-7-9-11-13-15-17-19-21-22-23-24-25-26-27-28-29-30-32-36-40-44-48-52-56-62(67)61(60-66)65-63(68)57-53-49-45-41-37-34-35-39-43-47-51-55-59-70-64(69)58-54-50-46-42-38-33-31-20-18-16-14-12-10-8-6-4-2/h20,31,52,56,61-62,66-67H,3-19,21-30,32-51,53-55,57-60H2,1-2H3,(H,65,68)/b31-20-,56-52+. The molecule has 3 N–H and O–H groups in total. The molecule has 414 valence electrons. The number of ether oxygens (including phenoxy) is 1. The van der Waals surface area contributed by atoms with E-state index < -0.39 is 12.1 Å². The summed E-state index contributed by atoms with van der Waals surface area (Å²) in [4.78, 5) is 24.6. The van der Waals surface area contributed by atoms with Gasteiger partial charge in [0.15, 0.2) is 0 Å². The van der Waals surface area contributed by atoms with E-state index in [1.807, 2.05) is 6.08 Å². The summed E-state index contributed by atoms with van der Waals surface area (Å²) in [7, 11) is 0. The molecule has 0 aromatic heterocycles. The van der Waals surface area contributed by atoms with Crippen LogP contribution in [0.3, 0.4) is 0 Å². The third kappa shape index (κ3) is 55.7. The number of esters is 1. The fourth-order valence-corrected chi connectivity index (χ4v) is 9.87. The predicted molar refractivity (Wildman–Crippen MR) is 306 cm³/mol. The van der Waals surface area contributed by atoms with Crippen molar-refractivity contribution in [2.45, 2.75) is 360 Å². The van der Waals surface area contributed by atoms with Crippen LogP contribution in [0.5, 0.6) is 0 Å². The summed E-state index contributed by atoms with van der Waals surface area (Å²) < 4.78 is 5.47. The molecule has 6 nitrogen and oxygen atoms in total. The van der Waals surface area contributed by atoms with E-state index in [4.69, 9.17) is 4.74 Å². The minimum atomic E-state index is -0.856. The maximum absolute atomic E-state index is 12.5. The quantitative estimate of drug-likeness (QED) is 0.0321. The van der Waals surface area contributed by atoms with Gasteiger partial charge >= 0.3 is 5.97 Å². The Hall–Kier alpha value is -1.66. The van der Waals surface area contributed by atoms with Gasteiger partial charge < -0.3 is 20.3 Å². The second-order valence-corrected chi connectivity index (χ2v) is 21.7. The van der Waals surface area contributed by atoms with Crippen LogP contribution in [0.25, 0.3) is 0 Å². The van der Waals surface area contributed by atoms with Gasteiger partial charge in [-0.3, -0.25) is 9.59 Å². The van der Waals surface area contributed by atoms with Crippen molar-refractivity contribution < 1.29 is 24.5 Å². The first-order valence-corrected chi connectivity index (χ1v) is 31.6. The first kappa shape index (κ1) is 68.3. The minimum absolute atomic E-state index is 0.0172. The van der Waals surface area contributed by atoms with Crippen LogP contribution in [0, 0.1) is 0 Å². The molecule has 2 unspecified atom stereocenters. The molecule has 0 aromatic rings. The zero-order valence-electron chi connectivity index (χ0n) is 47.3. The van der Waals surface area contributed by atoms with Crippen LogP contribution in [-0.2, 0) is 14.3 Å². The van der Waals surface area contributed by atoms with Gasteiger partial charge in [-0.1, -0.05) is 301 Å². The van der Waals surface area contributed by atoms with Gasteiger partial charge in [0.25, 0.3) is 0 Å². The molecule has 0 saturated carbocycles. The fraction of sp³-hybridized carbons (Fsp3) is 0.906. The predicted octanol–water partition coefficient (Wildman–Crippen LogP) is 19.8. The van der Waals surface area contributed by atoms with E-state index in [1.54, 1.807) is 6.08 Å². The van der Waals surface area contributed by atoms with Crippen LogP contribution in [0.2, 0.25) is 0 Å². The Labute approximate surface area is 437 Å². The monoisotopic (exact) mass is 986 g/mol. The van der Waals surface area contributed by atoms with Crippen LogP contribution in [-0.4, -0.2) is 47.4 Å². The normalized spacial score (nSPS) is 12.7. The highest BCUT2D eigenvalue weighted by atomic mass is 16.5. The second-order valence-electron chi connectivity index (χ2n) is 21.7. The summed E-state index contributed by atoms with van der Waals surface area (Å²) in [5.41, 5.74) is 0. The fourth-order valence-electron chi connectivity index (χ4n) is 9.87. The number of unbranched alkanes of at least 4 members (excludes halogenated alkanes) is 46. The smallest absolute Gasteiger partial charge is 0.305 e. The number of hydrogen-bond donors (Lipinski definition) is 3. The van der Waals surface area contributed by atoms with E-state index in [2.05, 4.69) is 31.3 Å². The van der Waals surface area contributed by atoms with Crippen molar-refractivity contribution in [2.75, 3.05) is 13.2 Å². The van der Waals surface area contributed by atoms with E-state index in [0.717, 1.165) is 57.8 Å². The summed E-state index contributed by atoms with van der Waals surface area (Å²) in [6.07, 6.45) is 73.6. The summed E-state index contributed by atoms with van der Waals surface area (Å²) in [6, 6.07) is -0.641. The van der Waals surface area contributed by atoms with Crippen LogP contribution >= 0.6 is 0 Å². The topological polar surface area (TPSA) is 95.9 Å². The van der Waals surface area contributed by atoms with Gasteiger partial charge in [0.05, 0.1) is 25.4 Å². The van der Waals surface area contributed by atoms with E-state index in [9.17, 15) is 19.8 Å². The molecule has 70 heavy (non-hydrogen) atoms. The Balaban J connectivity index is 3.48. The molecular formula is C64H123NO5. The first-order chi connectivity index (χ1) is 34.5.